The molecular formula is C24H24N4O4S2. The molecule has 3 aromatic rings. The number of Topliss-reactive ketones (excluding diaryl/α,β-unsaturated/α-hetero) is 1. The maximum atomic E-state index is 13.0. The van der Waals surface area contributed by atoms with Crippen molar-refractivity contribution in [2.24, 2.45) is 5.92 Å². The molecule has 0 atom stereocenters. The van der Waals surface area contributed by atoms with Crippen molar-refractivity contribution in [3.05, 3.63) is 64.3 Å². The van der Waals surface area contributed by atoms with E-state index in [2.05, 4.69) is 20.6 Å². The van der Waals surface area contributed by atoms with E-state index in [0.717, 1.165) is 36.1 Å². The molecular weight excluding hydrogens is 472 g/mol. The number of ketones is 1. The van der Waals surface area contributed by atoms with Gasteiger partial charge in [-0.3, -0.25) is 10.1 Å². The van der Waals surface area contributed by atoms with Crippen LogP contribution in [0.4, 0.5) is 15.6 Å². The first kappa shape index (κ1) is 23.9. The molecule has 1 fully saturated rings. The SMILES string of the molecule is Cc1ccc(NC(=O)Nc2ncc(CSc3ccc(C(=O)O)cn3)s2)c(C(=O)C2CCCC2)c1. The Morgan fingerprint density at radius 2 is 1.88 bits per heavy atom. The number of amides is 2. The summed E-state index contributed by atoms with van der Waals surface area (Å²) in [6, 6.07) is 8.20. The van der Waals surface area contributed by atoms with Crippen LogP contribution in [0.2, 0.25) is 0 Å². The highest BCUT2D eigenvalue weighted by molar-refractivity contribution is 7.98. The van der Waals surface area contributed by atoms with Crippen LogP contribution >= 0.6 is 23.1 Å². The Hall–Kier alpha value is -3.24. The number of aromatic carboxylic acids is 1. The minimum absolute atomic E-state index is 0.0271. The first-order valence-electron chi connectivity index (χ1n) is 10.9. The number of carbonyl (C=O) groups excluding carboxylic acids is 2. The van der Waals surface area contributed by atoms with Crippen molar-refractivity contribution in [1.82, 2.24) is 9.97 Å². The van der Waals surface area contributed by atoms with Gasteiger partial charge in [-0.1, -0.05) is 24.5 Å². The molecule has 0 radical (unpaired) electrons. The number of nitrogens with zero attached hydrogens (tertiary/aromatic N) is 2. The number of pyridine rings is 1. The lowest BCUT2D eigenvalue weighted by molar-refractivity contribution is 0.0696. The lowest BCUT2D eigenvalue weighted by Crippen LogP contribution is -2.22. The topological polar surface area (TPSA) is 121 Å². The normalized spacial score (nSPS) is 13.6. The van der Waals surface area contributed by atoms with Gasteiger partial charge in [-0.25, -0.2) is 19.6 Å². The summed E-state index contributed by atoms with van der Waals surface area (Å²) >= 11 is 2.79. The number of hydrogen-bond donors (Lipinski definition) is 3. The fraction of sp³-hybridized carbons (Fsp3) is 0.292. The van der Waals surface area contributed by atoms with Crippen molar-refractivity contribution in [3.63, 3.8) is 0 Å². The summed E-state index contributed by atoms with van der Waals surface area (Å²) in [5.41, 5.74) is 2.17. The first-order valence-corrected chi connectivity index (χ1v) is 12.7. The van der Waals surface area contributed by atoms with Crippen LogP contribution in [0.25, 0.3) is 0 Å². The largest absolute Gasteiger partial charge is 0.478 e. The first-order chi connectivity index (χ1) is 16.4. The van der Waals surface area contributed by atoms with Gasteiger partial charge in [-0.2, -0.15) is 0 Å². The molecule has 0 saturated heterocycles. The van der Waals surface area contributed by atoms with Crippen molar-refractivity contribution < 1.29 is 19.5 Å². The zero-order chi connectivity index (χ0) is 24.1. The average Bonchev–Trinajstić information content (AvgIpc) is 3.51. The lowest BCUT2D eigenvalue weighted by Gasteiger charge is -2.14. The molecule has 8 nitrogen and oxygen atoms in total. The van der Waals surface area contributed by atoms with Crippen molar-refractivity contribution in [2.75, 3.05) is 10.6 Å². The molecule has 10 heteroatoms. The predicted octanol–water partition coefficient (Wildman–Crippen LogP) is 5.85. The van der Waals surface area contributed by atoms with E-state index in [1.54, 1.807) is 18.3 Å². The molecule has 1 aromatic carbocycles. The molecule has 2 heterocycles. The Labute approximate surface area is 205 Å². The number of hydrogen-bond acceptors (Lipinski definition) is 7. The minimum atomic E-state index is -1.01. The molecule has 2 aromatic heterocycles. The molecule has 1 saturated carbocycles. The number of urea groups is 1. The van der Waals surface area contributed by atoms with E-state index in [9.17, 15) is 14.4 Å². The van der Waals surface area contributed by atoms with Gasteiger partial charge in [0.05, 0.1) is 16.3 Å². The van der Waals surface area contributed by atoms with Crippen LogP contribution < -0.4 is 10.6 Å². The summed E-state index contributed by atoms with van der Waals surface area (Å²) < 4.78 is 0. The highest BCUT2D eigenvalue weighted by Crippen LogP contribution is 2.31. The summed E-state index contributed by atoms with van der Waals surface area (Å²) in [7, 11) is 0. The van der Waals surface area contributed by atoms with Gasteiger partial charge in [0, 0.05) is 34.5 Å². The zero-order valence-corrected chi connectivity index (χ0v) is 20.2. The number of aromatic nitrogens is 2. The number of anilines is 2. The van der Waals surface area contributed by atoms with Crippen LogP contribution in [0, 0.1) is 12.8 Å². The van der Waals surface area contributed by atoms with E-state index in [1.807, 2.05) is 19.1 Å². The third-order valence-electron chi connectivity index (χ3n) is 5.53. The van der Waals surface area contributed by atoms with E-state index in [-0.39, 0.29) is 17.3 Å². The van der Waals surface area contributed by atoms with Gasteiger partial charge < -0.3 is 10.4 Å². The summed E-state index contributed by atoms with van der Waals surface area (Å²) in [6.07, 6.45) is 6.94. The van der Waals surface area contributed by atoms with Crippen LogP contribution in [0.3, 0.4) is 0 Å². The lowest BCUT2D eigenvalue weighted by atomic mass is 9.94. The molecule has 3 N–H and O–H groups in total. The Balaban J connectivity index is 1.35. The molecule has 1 aliphatic carbocycles. The maximum Gasteiger partial charge on any atom is 0.337 e. The molecule has 1 aliphatic rings. The van der Waals surface area contributed by atoms with E-state index in [0.29, 0.717) is 27.2 Å². The molecule has 4 rings (SSSR count). The van der Waals surface area contributed by atoms with Crippen molar-refractivity contribution in [2.45, 2.75) is 43.4 Å². The predicted molar refractivity (Wildman–Crippen MR) is 133 cm³/mol. The monoisotopic (exact) mass is 496 g/mol. The molecule has 0 aliphatic heterocycles. The van der Waals surface area contributed by atoms with Gasteiger partial charge in [0.2, 0.25) is 0 Å². The zero-order valence-electron chi connectivity index (χ0n) is 18.5. The summed E-state index contributed by atoms with van der Waals surface area (Å²) in [5, 5.41) is 15.6. The summed E-state index contributed by atoms with van der Waals surface area (Å²) in [6.45, 7) is 1.93. The quantitative estimate of drug-likeness (QED) is 0.264. The number of benzene rings is 1. The van der Waals surface area contributed by atoms with Crippen LogP contribution in [0.5, 0.6) is 0 Å². The Kier molecular flexibility index (Phi) is 7.59. The van der Waals surface area contributed by atoms with Gasteiger partial charge in [0.1, 0.15) is 0 Å². The van der Waals surface area contributed by atoms with Gasteiger partial charge >= 0.3 is 12.0 Å². The fourth-order valence-electron chi connectivity index (χ4n) is 3.80. The third-order valence-corrected chi connectivity index (χ3v) is 7.62. The Bertz CT molecular complexity index is 1200. The molecule has 0 bridgehead atoms. The van der Waals surface area contributed by atoms with Crippen LogP contribution in [0.15, 0.2) is 47.8 Å². The number of nitrogens with one attached hydrogen (secondary N) is 2. The molecule has 34 heavy (non-hydrogen) atoms. The van der Waals surface area contributed by atoms with Gasteiger partial charge in [-0.15, -0.1) is 23.1 Å². The van der Waals surface area contributed by atoms with Crippen LogP contribution in [-0.2, 0) is 5.75 Å². The van der Waals surface area contributed by atoms with Gasteiger partial charge in [0.25, 0.3) is 0 Å². The third kappa shape index (κ3) is 6.00. The van der Waals surface area contributed by atoms with Crippen LogP contribution in [0.1, 0.15) is 56.8 Å². The number of carboxylic acids is 1. The number of thioether (sulfide) groups is 1. The maximum absolute atomic E-state index is 13.0. The van der Waals surface area contributed by atoms with E-state index < -0.39 is 12.0 Å². The highest BCUT2D eigenvalue weighted by atomic mass is 32.2. The second-order valence-corrected chi connectivity index (χ2v) is 10.2. The molecule has 0 unspecified atom stereocenters. The molecule has 2 amide bonds. The molecule has 0 spiro atoms. The van der Waals surface area contributed by atoms with E-state index in [4.69, 9.17) is 5.11 Å². The second kappa shape index (κ2) is 10.8. The van der Waals surface area contributed by atoms with E-state index in [1.165, 1.54) is 35.4 Å². The average molecular weight is 497 g/mol. The number of aryl methyl sites for hydroxylation is 1. The van der Waals surface area contributed by atoms with Crippen molar-refractivity contribution in [1.29, 1.82) is 0 Å². The fourth-order valence-corrected chi connectivity index (χ4v) is 5.47. The Morgan fingerprint density at radius 1 is 1.09 bits per heavy atom. The standard InChI is InChI=1S/C24H24N4O4S2/c1-14-6-8-19(18(10-14)21(29)15-4-2-3-5-15)27-23(32)28-24-26-12-17(34-24)13-33-20-9-7-16(11-25-20)22(30)31/h6-12,15H,2-5,13H2,1H3,(H,30,31)(H2,26,27,28,32). The Morgan fingerprint density at radius 3 is 2.59 bits per heavy atom. The van der Waals surface area contributed by atoms with Crippen molar-refractivity contribution in [3.8, 4) is 0 Å². The highest BCUT2D eigenvalue weighted by Gasteiger charge is 2.26. The van der Waals surface area contributed by atoms with Crippen LogP contribution in [-0.4, -0.2) is 32.9 Å². The number of thiazole rings is 1. The summed E-state index contributed by atoms with van der Waals surface area (Å²) in [4.78, 5) is 45.8. The number of rotatable bonds is 8. The number of carbonyl (C=O) groups is 3. The smallest absolute Gasteiger partial charge is 0.337 e. The number of carboxylic acid groups (broad SMARTS) is 1. The van der Waals surface area contributed by atoms with Gasteiger partial charge in [-0.05, 0) is 44.0 Å². The van der Waals surface area contributed by atoms with Gasteiger partial charge in [0.15, 0.2) is 10.9 Å². The van der Waals surface area contributed by atoms with Crippen molar-refractivity contribution >= 4 is 51.7 Å². The van der Waals surface area contributed by atoms with E-state index >= 15 is 0 Å². The second-order valence-electron chi connectivity index (χ2n) is 8.08. The summed E-state index contributed by atoms with van der Waals surface area (Å²) in [5.74, 6) is -0.311. The molecule has 176 valence electrons. The minimum Gasteiger partial charge on any atom is -0.478 e.